The van der Waals surface area contributed by atoms with Crippen molar-refractivity contribution < 1.29 is 19.4 Å². The molecule has 0 bridgehead atoms. The summed E-state index contributed by atoms with van der Waals surface area (Å²) in [5.74, 6) is 0.716. The van der Waals surface area contributed by atoms with Crippen LogP contribution in [-0.2, 0) is 27.6 Å². The van der Waals surface area contributed by atoms with E-state index in [4.69, 9.17) is 15.2 Å². The second-order valence-electron chi connectivity index (χ2n) is 10.4. The molecule has 4 N–H and O–H groups in total. The lowest BCUT2D eigenvalue weighted by molar-refractivity contribution is -0.114. The normalized spacial score (nSPS) is 16.7. The number of thioether (sulfide) groups is 1. The molecule has 0 spiro atoms. The van der Waals surface area contributed by atoms with Gasteiger partial charge in [0.1, 0.15) is 18.9 Å². The van der Waals surface area contributed by atoms with Crippen LogP contribution in [0.15, 0.2) is 35.1 Å². The molecular weight excluding hydrogens is 484 g/mol. The molecule has 0 saturated carbocycles. The molecule has 35 heavy (non-hydrogen) atoms. The number of nitrogens with one attached hydrogen (secondary N) is 1. The molecule has 1 aliphatic rings. The number of ether oxygens (including phenoxy) is 2. The van der Waals surface area contributed by atoms with Crippen molar-refractivity contribution in [3.8, 4) is 0 Å². The van der Waals surface area contributed by atoms with Gasteiger partial charge in [0.25, 0.3) is 0 Å². The summed E-state index contributed by atoms with van der Waals surface area (Å²) in [6.07, 6.45) is 2.08. The predicted molar refractivity (Wildman–Crippen MR) is 139 cm³/mol. The zero-order valence-corrected chi connectivity index (χ0v) is 22.9. The minimum atomic E-state index is -1.14. The van der Waals surface area contributed by atoms with Gasteiger partial charge in [0, 0.05) is 20.3 Å². The SMILES string of the molecule is CC(C)(O)COCc1cccc(NC2=C(C(N)=O)CC(c3ncn(COCC[Si](C)(C)C)n3)S2)n1. The lowest BCUT2D eigenvalue weighted by Crippen LogP contribution is -2.25. The number of nitrogens with zero attached hydrogens (tertiary/aromatic N) is 4. The van der Waals surface area contributed by atoms with Gasteiger partial charge in [0.05, 0.1) is 34.8 Å². The van der Waals surface area contributed by atoms with E-state index in [-0.39, 0.29) is 18.5 Å². The van der Waals surface area contributed by atoms with Gasteiger partial charge in [-0.3, -0.25) is 4.79 Å². The van der Waals surface area contributed by atoms with Gasteiger partial charge in [-0.25, -0.2) is 14.6 Å². The number of aliphatic hydroxyl groups is 1. The Bertz CT molecular complexity index is 1050. The molecule has 3 heterocycles. The van der Waals surface area contributed by atoms with Crippen molar-refractivity contribution >= 4 is 31.6 Å². The van der Waals surface area contributed by atoms with Gasteiger partial charge in [-0.05, 0) is 38.4 Å². The molecule has 10 nitrogen and oxygen atoms in total. The molecule has 1 unspecified atom stereocenters. The topological polar surface area (TPSA) is 137 Å². The Balaban J connectivity index is 1.59. The Labute approximate surface area is 211 Å². The Hall–Kier alpha value is -2.25. The fourth-order valence-corrected chi connectivity index (χ4v) is 5.20. The van der Waals surface area contributed by atoms with Crippen molar-refractivity contribution in [3.63, 3.8) is 0 Å². The van der Waals surface area contributed by atoms with E-state index in [1.165, 1.54) is 11.8 Å². The third-order valence-corrected chi connectivity index (χ3v) is 7.99. The summed E-state index contributed by atoms with van der Waals surface area (Å²) in [4.78, 5) is 21.1. The molecule has 0 fully saturated rings. The summed E-state index contributed by atoms with van der Waals surface area (Å²) in [6.45, 7) is 11.8. The molecule has 0 aromatic carbocycles. The van der Waals surface area contributed by atoms with Gasteiger partial charge in [-0.15, -0.1) is 0 Å². The van der Waals surface area contributed by atoms with Crippen LogP contribution in [-0.4, -0.2) is 57.7 Å². The van der Waals surface area contributed by atoms with Crippen molar-refractivity contribution in [1.29, 1.82) is 0 Å². The second kappa shape index (κ2) is 11.7. The Morgan fingerprint density at radius 3 is 2.80 bits per heavy atom. The summed E-state index contributed by atoms with van der Waals surface area (Å²) in [5.41, 5.74) is 5.95. The average molecular weight is 521 g/mol. The van der Waals surface area contributed by atoms with Crippen molar-refractivity contribution in [2.45, 2.75) is 70.1 Å². The zero-order valence-electron chi connectivity index (χ0n) is 21.1. The minimum Gasteiger partial charge on any atom is -0.388 e. The molecular formula is C23H36N6O4SSi. The monoisotopic (exact) mass is 520 g/mol. The maximum atomic E-state index is 12.1. The zero-order chi connectivity index (χ0) is 25.6. The van der Waals surface area contributed by atoms with Gasteiger partial charge in [-0.2, -0.15) is 5.10 Å². The summed E-state index contributed by atoms with van der Waals surface area (Å²) < 4.78 is 13.0. The van der Waals surface area contributed by atoms with E-state index in [0.717, 1.165) is 6.04 Å². The van der Waals surface area contributed by atoms with Crippen molar-refractivity contribution in [1.82, 2.24) is 19.7 Å². The number of primary amides is 1. The van der Waals surface area contributed by atoms with Crippen LogP contribution in [0.4, 0.5) is 5.82 Å². The quantitative estimate of drug-likeness (QED) is 0.268. The lowest BCUT2D eigenvalue weighted by Gasteiger charge is -2.17. The van der Waals surface area contributed by atoms with Crippen molar-refractivity contribution in [2.24, 2.45) is 5.73 Å². The van der Waals surface area contributed by atoms with Crippen LogP contribution in [0.3, 0.4) is 0 Å². The maximum absolute atomic E-state index is 12.1. The molecule has 3 rings (SSSR count). The molecule has 12 heteroatoms. The fourth-order valence-electron chi connectivity index (χ4n) is 3.20. The molecule has 1 amide bonds. The Morgan fingerprint density at radius 2 is 2.11 bits per heavy atom. The first-order chi connectivity index (χ1) is 16.4. The van der Waals surface area contributed by atoms with E-state index >= 15 is 0 Å². The highest BCUT2D eigenvalue weighted by atomic mass is 32.2. The molecule has 0 radical (unpaired) electrons. The molecule has 2 aromatic rings. The molecule has 0 saturated heterocycles. The first-order valence-corrected chi connectivity index (χ1v) is 16.2. The van der Waals surface area contributed by atoms with Crippen LogP contribution in [0.2, 0.25) is 25.7 Å². The first-order valence-electron chi connectivity index (χ1n) is 11.6. The third-order valence-electron chi connectivity index (χ3n) is 5.04. The van der Waals surface area contributed by atoms with Gasteiger partial charge in [0.2, 0.25) is 5.91 Å². The number of carbonyl (C=O) groups is 1. The highest BCUT2D eigenvalue weighted by Crippen LogP contribution is 2.46. The predicted octanol–water partition coefficient (Wildman–Crippen LogP) is 3.26. The smallest absolute Gasteiger partial charge is 0.247 e. The van der Waals surface area contributed by atoms with E-state index < -0.39 is 19.6 Å². The number of anilines is 1. The summed E-state index contributed by atoms with van der Waals surface area (Å²) >= 11 is 1.46. The largest absolute Gasteiger partial charge is 0.388 e. The van der Waals surface area contributed by atoms with Crippen LogP contribution in [0.5, 0.6) is 0 Å². The number of hydrogen-bond acceptors (Lipinski definition) is 9. The average Bonchev–Trinajstić information content (AvgIpc) is 3.37. The number of nitrogens with two attached hydrogens (primary N) is 1. The van der Waals surface area contributed by atoms with Crippen molar-refractivity contribution in [2.75, 3.05) is 18.5 Å². The van der Waals surface area contributed by atoms with Crippen LogP contribution in [0.25, 0.3) is 0 Å². The van der Waals surface area contributed by atoms with E-state index in [9.17, 15) is 9.90 Å². The molecule has 1 aliphatic heterocycles. The second-order valence-corrected chi connectivity index (χ2v) is 17.3. The van der Waals surface area contributed by atoms with Gasteiger partial charge in [0.15, 0.2) is 5.82 Å². The molecule has 2 aromatic heterocycles. The molecule has 1 atom stereocenters. The Kier molecular flexibility index (Phi) is 9.10. The summed E-state index contributed by atoms with van der Waals surface area (Å²) in [5, 5.41) is 18.1. The van der Waals surface area contributed by atoms with Gasteiger partial charge >= 0.3 is 0 Å². The number of carbonyl (C=O) groups excluding carboxylic acids is 1. The molecule has 192 valence electrons. The summed E-state index contributed by atoms with van der Waals surface area (Å²) in [7, 11) is -1.14. The van der Waals surface area contributed by atoms with Crippen LogP contribution in [0, 0.1) is 0 Å². The molecule has 0 aliphatic carbocycles. The standard InChI is InChI=1S/C23H36N6O4SSi/c1-23(2,31)13-33-12-16-7-6-8-19(26-16)27-22-17(20(24)30)11-18(34-22)21-25-14-29(28-21)15-32-9-10-35(3,4)5/h6-8,14,18,31H,9-13,15H2,1-5H3,(H2,24,30)(H,26,27). The highest BCUT2D eigenvalue weighted by Gasteiger charge is 2.32. The Morgan fingerprint density at radius 1 is 1.34 bits per heavy atom. The van der Waals surface area contributed by atoms with Crippen LogP contribution < -0.4 is 11.1 Å². The maximum Gasteiger partial charge on any atom is 0.247 e. The number of hydrogen-bond donors (Lipinski definition) is 3. The van der Waals surface area contributed by atoms with Crippen LogP contribution in [0.1, 0.15) is 37.0 Å². The van der Waals surface area contributed by atoms with E-state index in [0.29, 0.717) is 47.7 Å². The van der Waals surface area contributed by atoms with Gasteiger partial charge < -0.3 is 25.6 Å². The van der Waals surface area contributed by atoms with E-state index in [1.54, 1.807) is 24.9 Å². The number of amides is 1. The minimum absolute atomic E-state index is 0.137. The highest BCUT2D eigenvalue weighted by molar-refractivity contribution is 8.03. The van der Waals surface area contributed by atoms with Gasteiger partial charge in [-0.1, -0.05) is 37.5 Å². The van der Waals surface area contributed by atoms with Crippen LogP contribution >= 0.6 is 11.8 Å². The summed E-state index contributed by atoms with van der Waals surface area (Å²) in [6, 6.07) is 6.59. The first kappa shape index (κ1) is 27.3. The lowest BCUT2D eigenvalue weighted by atomic mass is 10.1. The number of aromatic nitrogens is 4. The third kappa shape index (κ3) is 9.04. The fraction of sp³-hybridized carbons (Fsp3) is 0.565. The number of rotatable bonds is 13. The van der Waals surface area contributed by atoms with Crippen molar-refractivity contribution in [3.05, 3.63) is 46.6 Å². The van der Waals surface area contributed by atoms with E-state index in [1.807, 2.05) is 18.2 Å². The van der Waals surface area contributed by atoms with E-state index in [2.05, 4.69) is 40.0 Å². The number of pyridine rings is 1.